The molecule has 0 aliphatic rings. The normalized spacial score (nSPS) is 11.1. The number of nitriles is 1. The number of hydrogen-bond donors (Lipinski definition) is 0. The molecule has 110 valence electrons. The lowest BCUT2D eigenvalue weighted by Crippen LogP contribution is -2.09. The molecule has 0 spiro atoms. The van der Waals surface area contributed by atoms with E-state index >= 15 is 0 Å². The molecule has 0 saturated heterocycles. The number of alkyl halides is 3. The first-order chi connectivity index (χ1) is 9.51. The molecule has 0 amide bonds. The third-order valence-electron chi connectivity index (χ3n) is 2.43. The molecule has 0 N–H and O–H groups in total. The van der Waals surface area contributed by atoms with E-state index in [1.54, 1.807) is 24.3 Å². The van der Waals surface area contributed by atoms with Crippen LogP contribution in [0.25, 0.3) is 0 Å². The van der Waals surface area contributed by atoms with Crippen molar-refractivity contribution in [2.75, 3.05) is 19.8 Å². The van der Waals surface area contributed by atoms with Crippen LogP contribution in [0.2, 0.25) is 0 Å². The lowest BCUT2D eigenvalue weighted by Gasteiger charge is -2.08. The second kappa shape index (κ2) is 8.43. The zero-order valence-corrected chi connectivity index (χ0v) is 10.9. The summed E-state index contributed by atoms with van der Waals surface area (Å²) < 4.78 is 46.0. The molecule has 1 rings (SSSR count). The number of benzene rings is 1. The van der Waals surface area contributed by atoms with Gasteiger partial charge in [0.2, 0.25) is 0 Å². The average molecular weight is 287 g/mol. The Balaban J connectivity index is 2.01. The Morgan fingerprint density at radius 3 is 2.25 bits per heavy atom. The molecule has 0 aromatic heterocycles. The minimum absolute atomic E-state index is 0.0139. The zero-order chi connectivity index (χ0) is 14.8. The van der Waals surface area contributed by atoms with Gasteiger partial charge in [0.05, 0.1) is 18.2 Å². The first kappa shape index (κ1) is 16.3. The van der Waals surface area contributed by atoms with Crippen LogP contribution in [0.4, 0.5) is 13.2 Å². The van der Waals surface area contributed by atoms with Gasteiger partial charge in [0.1, 0.15) is 5.75 Å². The summed E-state index contributed by atoms with van der Waals surface area (Å²) in [5, 5.41) is 8.62. The SMILES string of the molecule is N#Cc1ccc(OCCCOCCCC(F)(F)F)cc1. The molecule has 0 bridgehead atoms. The first-order valence-corrected chi connectivity index (χ1v) is 6.29. The third kappa shape index (κ3) is 7.64. The highest BCUT2D eigenvalue weighted by Gasteiger charge is 2.25. The van der Waals surface area contributed by atoms with Crippen LogP contribution in [0.15, 0.2) is 24.3 Å². The summed E-state index contributed by atoms with van der Waals surface area (Å²) in [6.07, 6.45) is -4.33. The molecule has 0 saturated carbocycles. The molecule has 0 radical (unpaired) electrons. The van der Waals surface area contributed by atoms with Gasteiger partial charge in [-0.25, -0.2) is 0 Å². The summed E-state index contributed by atoms with van der Waals surface area (Å²) in [5.74, 6) is 0.654. The highest BCUT2D eigenvalue weighted by atomic mass is 19.4. The summed E-state index contributed by atoms with van der Waals surface area (Å²) in [7, 11) is 0. The minimum atomic E-state index is -4.11. The molecule has 0 unspecified atom stereocenters. The standard InChI is InChI=1S/C14H16F3NO2/c15-14(16,17)7-1-8-19-9-2-10-20-13-5-3-12(11-18)4-6-13/h3-6H,1-2,7-10H2. The van der Waals surface area contributed by atoms with Crippen molar-refractivity contribution in [1.82, 2.24) is 0 Å². The van der Waals surface area contributed by atoms with E-state index in [1.807, 2.05) is 6.07 Å². The van der Waals surface area contributed by atoms with Crippen LogP contribution in [0.3, 0.4) is 0 Å². The summed E-state index contributed by atoms with van der Waals surface area (Å²) in [6, 6.07) is 8.71. The highest BCUT2D eigenvalue weighted by Crippen LogP contribution is 2.21. The molecule has 0 aliphatic heterocycles. The zero-order valence-electron chi connectivity index (χ0n) is 10.9. The highest BCUT2D eigenvalue weighted by molar-refractivity contribution is 5.34. The van der Waals surface area contributed by atoms with Gasteiger partial charge in [-0.3, -0.25) is 0 Å². The van der Waals surface area contributed by atoms with Crippen LogP contribution in [0.1, 0.15) is 24.8 Å². The van der Waals surface area contributed by atoms with Crippen LogP contribution in [-0.4, -0.2) is 26.0 Å². The number of rotatable bonds is 8. The maximum absolute atomic E-state index is 11.8. The second-order valence-corrected chi connectivity index (χ2v) is 4.17. The van der Waals surface area contributed by atoms with Gasteiger partial charge in [0.25, 0.3) is 0 Å². The smallest absolute Gasteiger partial charge is 0.389 e. The van der Waals surface area contributed by atoms with Crippen LogP contribution in [0, 0.1) is 11.3 Å². The molecule has 0 heterocycles. The van der Waals surface area contributed by atoms with Gasteiger partial charge in [0, 0.05) is 26.1 Å². The Kier molecular flexibility index (Phi) is 6.88. The fraction of sp³-hybridized carbons (Fsp3) is 0.500. The van der Waals surface area contributed by atoms with Crippen molar-refractivity contribution >= 4 is 0 Å². The van der Waals surface area contributed by atoms with E-state index < -0.39 is 12.6 Å². The van der Waals surface area contributed by atoms with Gasteiger partial charge in [0.15, 0.2) is 0 Å². The van der Waals surface area contributed by atoms with Gasteiger partial charge in [-0.1, -0.05) is 0 Å². The van der Waals surface area contributed by atoms with E-state index in [0.717, 1.165) is 0 Å². The van der Waals surface area contributed by atoms with Gasteiger partial charge >= 0.3 is 6.18 Å². The summed E-state index contributed by atoms with van der Waals surface area (Å²) in [4.78, 5) is 0. The number of halogens is 3. The number of hydrogen-bond acceptors (Lipinski definition) is 3. The largest absolute Gasteiger partial charge is 0.494 e. The second-order valence-electron chi connectivity index (χ2n) is 4.17. The fourth-order valence-electron chi connectivity index (χ4n) is 1.45. The van der Waals surface area contributed by atoms with E-state index in [1.165, 1.54) is 0 Å². The monoisotopic (exact) mass is 287 g/mol. The molecule has 6 heteroatoms. The summed E-state index contributed by atoms with van der Waals surface area (Å²) >= 11 is 0. The third-order valence-corrected chi connectivity index (χ3v) is 2.43. The Bertz CT molecular complexity index is 424. The molecular weight excluding hydrogens is 271 g/mol. The Hall–Kier alpha value is -1.74. The Labute approximate surface area is 115 Å². The van der Waals surface area contributed by atoms with Crippen molar-refractivity contribution in [3.63, 3.8) is 0 Å². The van der Waals surface area contributed by atoms with Gasteiger partial charge in [-0.15, -0.1) is 0 Å². The summed E-state index contributed by atoms with van der Waals surface area (Å²) in [6.45, 7) is 0.898. The molecule has 0 fully saturated rings. The predicted molar refractivity (Wildman–Crippen MR) is 67.4 cm³/mol. The quantitative estimate of drug-likeness (QED) is 0.685. The van der Waals surface area contributed by atoms with E-state index in [9.17, 15) is 13.2 Å². The lowest BCUT2D eigenvalue weighted by atomic mass is 10.2. The number of nitrogens with zero attached hydrogens (tertiary/aromatic N) is 1. The van der Waals surface area contributed by atoms with Gasteiger partial charge < -0.3 is 9.47 Å². The van der Waals surface area contributed by atoms with E-state index in [0.29, 0.717) is 30.9 Å². The van der Waals surface area contributed by atoms with Crippen molar-refractivity contribution in [3.05, 3.63) is 29.8 Å². The van der Waals surface area contributed by atoms with Gasteiger partial charge in [-0.05, 0) is 30.7 Å². The Morgan fingerprint density at radius 1 is 1.00 bits per heavy atom. The lowest BCUT2D eigenvalue weighted by molar-refractivity contribution is -0.137. The van der Waals surface area contributed by atoms with Crippen LogP contribution < -0.4 is 4.74 Å². The fourth-order valence-corrected chi connectivity index (χ4v) is 1.45. The molecule has 0 aliphatic carbocycles. The van der Waals surface area contributed by atoms with Crippen molar-refractivity contribution in [2.24, 2.45) is 0 Å². The number of ether oxygens (including phenoxy) is 2. The van der Waals surface area contributed by atoms with Crippen molar-refractivity contribution in [2.45, 2.75) is 25.4 Å². The maximum Gasteiger partial charge on any atom is 0.389 e. The predicted octanol–water partition coefficient (Wildman–Crippen LogP) is 3.69. The van der Waals surface area contributed by atoms with E-state index in [-0.39, 0.29) is 13.0 Å². The molecule has 1 aromatic carbocycles. The molecule has 0 atom stereocenters. The molecule has 1 aromatic rings. The molecular formula is C14H16F3NO2. The summed E-state index contributed by atoms with van der Waals surface area (Å²) in [5.41, 5.74) is 0.561. The van der Waals surface area contributed by atoms with Crippen LogP contribution >= 0.6 is 0 Å². The Morgan fingerprint density at radius 2 is 1.65 bits per heavy atom. The van der Waals surface area contributed by atoms with E-state index in [2.05, 4.69) is 0 Å². The van der Waals surface area contributed by atoms with E-state index in [4.69, 9.17) is 14.7 Å². The van der Waals surface area contributed by atoms with Crippen molar-refractivity contribution in [3.8, 4) is 11.8 Å². The van der Waals surface area contributed by atoms with Gasteiger partial charge in [-0.2, -0.15) is 18.4 Å². The maximum atomic E-state index is 11.8. The minimum Gasteiger partial charge on any atom is -0.494 e. The van der Waals surface area contributed by atoms with Crippen molar-refractivity contribution in [1.29, 1.82) is 5.26 Å². The van der Waals surface area contributed by atoms with Crippen LogP contribution in [0.5, 0.6) is 5.75 Å². The molecule has 3 nitrogen and oxygen atoms in total. The average Bonchev–Trinajstić information content (AvgIpc) is 2.41. The topological polar surface area (TPSA) is 42.2 Å². The van der Waals surface area contributed by atoms with Crippen molar-refractivity contribution < 1.29 is 22.6 Å². The first-order valence-electron chi connectivity index (χ1n) is 6.29. The molecule has 20 heavy (non-hydrogen) atoms. The van der Waals surface area contributed by atoms with Crippen LogP contribution in [-0.2, 0) is 4.74 Å².